The maximum Gasteiger partial charge on any atom is 0.296 e. The molecule has 156 valence electrons. The molecule has 0 saturated heterocycles. The van der Waals surface area contributed by atoms with Gasteiger partial charge in [-0.1, -0.05) is 29.0 Å². The Morgan fingerprint density at radius 1 is 1.10 bits per heavy atom. The third-order valence-corrected chi connectivity index (χ3v) is 6.59. The summed E-state index contributed by atoms with van der Waals surface area (Å²) < 4.78 is 37.7. The lowest BCUT2D eigenvalue weighted by Gasteiger charge is -2.08. The van der Waals surface area contributed by atoms with Crippen molar-refractivity contribution in [2.75, 3.05) is 18.9 Å². The van der Waals surface area contributed by atoms with Crippen LogP contribution >= 0.6 is 11.3 Å². The van der Waals surface area contributed by atoms with Gasteiger partial charge >= 0.3 is 0 Å². The van der Waals surface area contributed by atoms with E-state index in [1.807, 2.05) is 25.1 Å². The van der Waals surface area contributed by atoms with E-state index in [9.17, 15) is 8.42 Å². The van der Waals surface area contributed by atoms with Crippen LogP contribution in [0.1, 0.15) is 12.0 Å². The van der Waals surface area contributed by atoms with Gasteiger partial charge < -0.3 is 10.5 Å². The number of hydrogen-bond acceptors (Lipinski definition) is 8. The number of hydrogen-bond donors (Lipinski definition) is 1. The largest absolute Gasteiger partial charge is 0.493 e. The Balaban J connectivity index is 1.31. The first-order valence-electron chi connectivity index (χ1n) is 9.22. The number of thiazole rings is 1. The lowest BCUT2D eigenvalue weighted by atomic mass is 10.2. The van der Waals surface area contributed by atoms with Gasteiger partial charge in [0.2, 0.25) is 5.13 Å². The molecular weight excluding hydrogens is 424 g/mol. The molecule has 2 N–H and O–H groups in total. The number of nitrogens with zero attached hydrogens (tertiary/aromatic N) is 3. The molecule has 0 aliphatic rings. The van der Waals surface area contributed by atoms with E-state index < -0.39 is 10.1 Å². The van der Waals surface area contributed by atoms with Gasteiger partial charge in [0.05, 0.1) is 28.3 Å². The molecule has 10 heteroatoms. The van der Waals surface area contributed by atoms with Crippen LogP contribution in [0.5, 0.6) is 5.75 Å². The van der Waals surface area contributed by atoms with Crippen LogP contribution in [0.4, 0.5) is 5.82 Å². The molecule has 2 aromatic carbocycles. The first-order chi connectivity index (χ1) is 14.4. The Morgan fingerprint density at radius 3 is 2.63 bits per heavy atom. The van der Waals surface area contributed by atoms with Gasteiger partial charge in [-0.3, -0.25) is 4.18 Å². The minimum atomic E-state index is -3.75. The monoisotopic (exact) mass is 444 g/mol. The van der Waals surface area contributed by atoms with Gasteiger partial charge in [0.25, 0.3) is 10.1 Å². The number of aromatic nitrogens is 3. The summed E-state index contributed by atoms with van der Waals surface area (Å²) in [5.74, 6) is 1.11. The first kappa shape index (κ1) is 20.3. The molecule has 0 atom stereocenters. The van der Waals surface area contributed by atoms with E-state index in [-0.39, 0.29) is 11.5 Å². The molecule has 0 aliphatic carbocycles. The van der Waals surface area contributed by atoms with Crippen molar-refractivity contribution in [1.29, 1.82) is 0 Å². The van der Waals surface area contributed by atoms with Crippen LogP contribution in [0.25, 0.3) is 15.3 Å². The molecule has 30 heavy (non-hydrogen) atoms. The number of fused-ring (bicyclic) bond motifs is 1. The minimum absolute atomic E-state index is 0.0455. The van der Waals surface area contributed by atoms with Crippen molar-refractivity contribution in [2.24, 2.45) is 0 Å². The molecular formula is C20H20N4O4S2. The predicted molar refractivity (Wildman–Crippen MR) is 116 cm³/mol. The maximum atomic E-state index is 12.2. The lowest BCUT2D eigenvalue weighted by Crippen LogP contribution is -2.10. The van der Waals surface area contributed by atoms with E-state index >= 15 is 0 Å². The normalized spacial score (nSPS) is 11.8. The van der Waals surface area contributed by atoms with Crippen molar-refractivity contribution in [2.45, 2.75) is 18.2 Å². The van der Waals surface area contributed by atoms with Crippen LogP contribution in [0, 0.1) is 6.92 Å². The molecule has 0 unspecified atom stereocenters. The average molecular weight is 445 g/mol. The standard InChI is InChI=1S/C20H20N4O4S2/c1-14-3-6-16(7-4-14)30(25,26)28-12-2-11-27-15-5-8-17-18(13-15)29-20(22-17)24-10-9-19(21)23-24/h3-10,13H,2,11-12H2,1H3,(H2,21,23). The molecule has 0 fully saturated rings. The smallest absolute Gasteiger partial charge is 0.296 e. The van der Waals surface area contributed by atoms with Gasteiger partial charge in [0.15, 0.2) is 0 Å². The Kier molecular flexibility index (Phi) is 5.71. The lowest BCUT2D eigenvalue weighted by molar-refractivity contribution is 0.251. The molecule has 0 radical (unpaired) electrons. The van der Waals surface area contributed by atoms with Crippen LogP contribution < -0.4 is 10.5 Å². The van der Waals surface area contributed by atoms with Gasteiger partial charge in [-0.2, -0.15) is 8.42 Å². The first-order valence-corrected chi connectivity index (χ1v) is 11.4. The summed E-state index contributed by atoms with van der Waals surface area (Å²) >= 11 is 1.47. The van der Waals surface area contributed by atoms with Gasteiger partial charge in [-0.15, -0.1) is 5.10 Å². The molecule has 0 saturated carbocycles. The highest BCUT2D eigenvalue weighted by Gasteiger charge is 2.14. The van der Waals surface area contributed by atoms with E-state index in [4.69, 9.17) is 14.7 Å². The molecule has 8 nitrogen and oxygen atoms in total. The maximum absolute atomic E-state index is 12.2. The fourth-order valence-corrected chi connectivity index (χ4v) is 4.59. The zero-order chi connectivity index (χ0) is 21.1. The second-order valence-electron chi connectivity index (χ2n) is 6.60. The van der Waals surface area contributed by atoms with E-state index in [0.717, 1.165) is 15.8 Å². The van der Waals surface area contributed by atoms with Gasteiger partial charge in [-0.25, -0.2) is 9.67 Å². The number of benzene rings is 2. The summed E-state index contributed by atoms with van der Waals surface area (Å²) in [7, 11) is -3.75. The van der Waals surface area contributed by atoms with Crippen LogP contribution in [-0.2, 0) is 14.3 Å². The van der Waals surface area contributed by atoms with E-state index in [0.29, 0.717) is 29.7 Å². The number of anilines is 1. The third-order valence-electron chi connectivity index (χ3n) is 4.26. The van der Waals surface area contributed by atoms with Crippen molar-refractivity contribution in [3.8, 4) is 10.9 Å². The highest BCUT2D eigenvalue weighted by Crippen LogP contribution is 2.28. The molecule has 0 aliphatic heterocycles. The minimum Gasteiger partial charge on any atom is -0.493 e. The Labute approximate surface area is 178 Å². The Hall–Kier alpha value is -2.95. The highest BCUT2D eigenvalue weighted by atomic mass is 32.2. The Morgan fingerprint density at radius 2 is 1.90 bits per heavy atom. The van der Waals surface area contributed by atoms with Gasteiger partial charge in [0.1, 0.15) is 11.6 Å². The molecule has 2 heterocycles. The Bertz CT molecular complexity index is 1260. The number of ether oxygens (including phenoxy) is 1. The summed E-state index contributed by atoms with van der Waals surface area (Å²) in [5, 5.41) is 4.88. The SMILES string of the molecule is Cc1ccc(S(=O)(=O)OCCCOc2ccc3nc(-n4ccc(N)n4)sc3c2)cc1. The van der Waals surface area contributed by atoms with Crippen LogP contribution in [0.3, 0.4) is 0 Å². The van der Waals surface area contributed by atoms with Gasteiger partial charge in [0, 0.05) is 18.7 Å². The van der Waals surface area contributed by atoms with Crippen molar-refractivity contribution in [3.05, 3.63) is 60.3 Å². The van der Waals surface area contributed by atoms with E-state index in [1.165, 1.54) is 23.5 Å². The third kappa shape index (κ3) is 4.61. The second kappa shape index (κ2) is 8.42. The molecule has 2 aromatic heterocycles. The number of rotatable bonds is 8. The van der Waals surface area contributed by atoms with Gasteiger partial charge in [-0.05, 0) is 37.3 Å². The molecule has 4 aromatic rings. The fraction of sp³-hybridized carbons (Fsp3) is 0.200. The zero-order valence-electron chi connectivity index (χ0n) is 16.2. The summed E-state index contributed by atoms with van der Waals surface area (Å²) in [6, 6.07) is 13.9. The number of aryl methyl sites for hydroxylation is 1. The highest BCUT2D eigenvalue weighted by molar-refractivity contribution is 7.86. The van der Waals surface area contributed by atoms with Crippen molar-refractivity contribution < 1.29 is 17.3 Å². The summed E-state index contributed by atoms with van der Waals surface area (Å²) in [5.41, 5.74) is 7.48. The van der Waals surface area contributed by atoms with Crippen LogP contribution in [0.15, 0.2) is 59.6 Å². The molecule has 0 spiro atoms. The topological polar surface area (TPSA) is 109 Å². The van der Waals surface area contributed by atoms with Crippen LogP contribution in [-0.4, -0.2) is 36.4 Å². The molecule has 4 rings (SSSR count). The average Bonchev–Trinajstić information content (AvgIpc) is 3.33. The summed E-state index contributed by atoms with van der Waals surface area (Å²) in [6.45, 7) is 2.27. The summed E-state index contributed by atoms with van der Waals surface area (Å²) in [6.07, 6.45) is 2.19. The van der Waals surface area contributed by atoms with E-state index in [2.05, 4.69) is 10.1 Å². The van der Waals surface area contributed by atoms with Crippen molar-refractivity contribution in [1.82, 2.24) is 14.8 Å². The zero-order valence-corrected chi connectivity index (χ0v) is 17.8. The second-order valence-corrected chi connectivity index (χ2v) is 9.23. The van der Waals surface area contributed by atoms with Crippen molar-refractivity contribution in [3.63, 3.8) is 0 Å². The number of nitrogens with two attached hydrogens (primary N) is 1. The van der Waals surface area contributed by atoms with Crippen molar-refractivity contribution >= 4 is 37.5 Å². The fourth-order valence-electron chi connectivity index (χ4n) is 2.72. The van der Waals surface area contributed by atoms with Crippen LogP contribution in [0.2, 0.25) is 0 Å². The van der Waals surface area contributed by atoms with E-state index in [1.54, 1.807) is 29.1 Å². The quantitative estimate of drug-likeness (QED) is 0.327. The number of nitrogen functional groups attached to an aromatic ring is 1. The summed E-state index contributed by atoms with van der Waals surface area (Å²) in [4.78, 5) is 4.68. The molecule has 0 bridgehead atoms. The predicted octanol–water partition coefficient (Wildman–Crippen LogP) is 3.55. The molecule has 0 amide bonds.